The van der Waals surface area contributed by atoms with Gasteiger partial charge in [0.25, 0.3) is 11.8 Å². The van der Waals surface area contributed by atoms with Crippen LogP contribution in [-0.4, -0.2) is 41.3 Å². The van der Waals surface area contributed by atoms with Crippen molar-refractivity contribution in [3.05, 3.63) is 41.7 Å². The highest BCUT2D eigenvalue weighted by molar-refractivity contribution is 5.92. The summed E-state index contributed by atoms with van der Waals surface area (Å²) < 4.78 is 16.6. The molecule has 0 saturated carbocycles. The van der Waals surface area contributed by atoms with E-state index in [1.807, 2.05) is 25.1 Å². The minimum atomic E-state index is -0.285. The van der Waals surface area contributed by atoms with E-state index in [9.17, 15) is 4.79 Å². The lowest BCUT2D eigenvalue weighted by Gasteiger charge is -2.35. The van der Waals surface area contributed by atoms with E-state index in [1.165, 1.54) is 5.56 Å². The molecule has 1 amide bonds. The van der Waals surface area contributed by atoms with Crippen molar-refractivity contribution in [1.29, 1.82) is 0 Å². The summed E-state index contributed by atoms with van der Waals surface area (Å²) >= 11 is 0. The molecule has 2 aromatic rings. The number of ether oxygens (including phenoxy) is 2. The van der Waals surface area contributed by atoms with Gasteiger partial charge in [-0.3, -0.25) is 4.79 Å². The van der Waals surface area contributed by atoms with Crippen molar-refractivity contribution in [3.63, 3.8) is 0 Å². The molecule has 1 aromatic heterocycles. The van der Waals surface area contributed by atoms with E-state index in [-0.39, 0.29) is 17.3 Å². The minimum absolute atomic E-state index is 0.159. The van der Waals surface area contributed by atoms with Gasteiger partial charge in [0.05, 0.1) is 19.2 Å². The number of aryl methyl sites for hydroxylation is 1. The number of hydrogen-bond donors (Lipinski definition) is 0. The van der Waals surface area contributed by atoms with Gasteiger partial charge in [-0.05, 0) is 36.6 Å². The second-order valence-corrected chi connectivity index (χ2v) is 6.33. The molecule has 4 rings (SSSR count). The third kappa shape index (κ3) is 2.62. The first-order chi connectivity index (χ1) is 11.7. The lowest BCUT2D eigenvalue weighted by Crippen LogP contribution is -2.43. The summed E-state index contributed by atoms with van der Waals surface area (Å²) in [4.78, 5) is 14.4. The average Bonchev–Trinajstić information content (AvgIpc) is 3.22. The Labute approximate surface area is 140 Å². The maximum Gasteiger partial charge on any atom is 0.292 e. The summed E-state index contributed by atoms with van der Waals surface area (Å²) in [6.07, 6.45) is 2.74. The summed E-state index contributed by atoms with van der Waals surface area (Å²) in [5.74, 6) is 1.34. The van der Waals surface area contributed by atoms with Crippen molar-refractivity contribution in [2.24, 2.45) is 0 Å². The third-order valence-corrected chi connectivity index (χ3v) is 4.74. The first-order valence-corrected chi connectivity index (χ1v) is 8.35. The van der Waals surface area contributed by atoms with Crippen LogP contribution in [0.1, 0.15) is 35.9 Å². The van der Waals surface area contributed by atoms with Gasteiger partial charge in [0.15, 0.2) is 0 Å². The Morgan fingerprint density at radius 2 is 2.25 bits per heavy atom. The van der Waals surface area contributed by atoms with Gasteiger partial charge in [-0.25, -0.2) is 0 Å². The van der Waals surface area contributed by atoms with Crippen molar-refractivity contribution in [3.8, 4) is 11.6 Å². The number of benzene rings is 1. The first-order valence-electron chi connectivity index (χ1n) is 8.35. The summed E-state index contributed by atoms with van der Waals surface area (Å²) in [5.41, 5.74) is 0.955. The maximum atomic E-state index is 12.6. The molecule has 0 aliphatic carbocycles. The Morgan fingerprint density at radius 3 is 3.12 bits per heavy atom. The zero-order valence-electron chi connectivity index (χ0n) is 13.7. The Hall–Kier alpha value is -2.50. The number of carbonyl (C=O) groups excluding carboxylic acids is 1. The Balaban J connectivity index is 1.47. The molecular weight excluding hydrogens is 308 g/mol. The molecule has 24 heavy (non-hydrogen) atoms. The standard InChI is InChI=1S/C18H20N2O4/c1-2-22-16-11-15(24-19-16)17(21)20-10-9-18(12-20)8-7-13-5-3-4-6-14(13)23-18/h3-6,11H,2,7-10,12H2,1H3/t18-/m0/s1. The molecule has 1 spiro atoms. The highest BCUT2D eigenvalue weighted by Crippen LogP contribution is 2.38. The first kappa shape index (κ1) is 15.1. The molecule has 0 bridgehead atoms. The molecule has 0 N–H and O–H groups in total. The fourth-order valence-corrected chi connectivity index (χ4v) is 3.49. The molecule has 1 atom stereocenters. The highest BCUT2D eigenvalue weighted by atomic mass is 16.5. The fourth-order valence-electron chi connectivity index (χ4n) is 3.49. The van der Waals surface area contributed by atoms with E-state index in [0.717, 1.165) is 25.0 Å². The molecule has 1 fully saturated rings. The number of likely N-dealkylation sites (tertiary alicyclic amines) is 1. The van der Waals surface area contributed by atoms with Gasteiger partial charge < -0.3 is 18.9 Å². The molecule has 0 unspecified atom stereocenters. The van der Waals surface area contributed by atoms with Crippen LogP contribution in [0.2, 0.25) is 0 Å². The van der Waals surface area contributed by atoms with Gasteiger partial charge in [0.2, 0.25) is 5.76 Å². The number of hydrogen-bond acceptors (Lipinski definition) is 5. The van der Waals surface area contributed by atoms with E-state index >= 15 is 0 Å². The molecule has 2 aliphatic heterocycles. The van der Waals surface area contributed by atoms with Crippen LogP contribution in [0.5, 0.6) is 11.6 Å². The van der Waals surface area contributed by atoms with Crippen molar-refractivity contribution in [1.82, 2.24) is 10.1 Å². The van der Waals surface area contributed by atoms with Crippen molar-refractivity contribution in [2.45, 2.75) is 31.8 Å². The smallest absolute Gasteiger partial charge is 0.292 e. The van der Waals surface area contributed by atoms with Gasteiger partial charge >= 0.3 is 0 Å². The molecule has 0 radical (unpaired) electrons. The summed E-state index contributed by atoms with van der Waals surface area (Å²) in [6.45, 7) is 3.58. The number of amides is 1. The number of carbonyl (C=O) groups is 1. The van der Waals surface area contributed by atoms with Crippen LogP contribution in [0, 0.1) is 0 Å². The average molecular weight is 328 g/mol. The van der Waals surface area contributed by atoms with Gasteiger partial charge in [0.1, 0.15) is 11.4 Å². The predicted molar refractivity (Wildman–Crippen MR) is 86.3 cm³/mol. The van der Waals surface area contributed by atoms with Crippen LogP contribution >= 0.6 is 0 Å². The van der Waals surface area contributed by atoms with Crippen molar-refractivity contribution in [2.75, 3.05) is 19.7 Å². The number of rotatable bonds is 3. The highest BCUT2D eigenvalue weighted by Gasteiger charge is 2.44. The van der Waals surface area contributed by atoms with E-state index < -0.39 is 0 Å². The van der Waals surface area contributed by atoms with Crippen LogP contribution in [0.25, 0.3) is 0 Å². The second-order valence-electron chi connectivity index (χ2n) is 6.33. The Morgan fingerprint density at radius 1 is 1.38 bits per heavy atom. The van der Waals surface area contributed by atoms with E-state index in [2.05, 4.69) is 11.2 Å². The summed E-state index contributed by atoms with van der Waals surface area (Å²) in [5, 5.41) is 3.76. The van der Waals surface area contributed by atoms with Crippen molar-refractivity contribution >= 4 is 5.91 Å². The lowest BCUT2D eigenvalue weighted by atomic mass is 9.90. The Kier molecular flexibility index (Phi) is 3.67. The van der Waals surface area contributed by atoms with Crippen LogP contribution < -0.4 is 9.47 Å². The number of aromatic nitrogens is 1. The second kappa shape index (κ2) is 5.85. The van der Waals surface area contributed by atoms with Gasteiger partial charge in [-0.2, -0.15) is 0 Å². The number of fused-ring (bicyclic) bond motifs is 1. The van der Waals surface area contributed by atoms with Gasteiger partial charge in [-0.1, -0.05) is 18.2 Å². The van der Waals surface area contributed by atoms with E-state index in [0.29, 0.717) is 25.6 Å². The Bertz CT molecular complexity index is 757. The van der Waals surface area contributed by atoms with Gasteiger partial charge in [0, 0.05) is 13.0 Å². The van der Waals surface area contributed by atoms with Crippen LogP contribution in [0.3, 0.4) is 0 Å². The maximum absolute atomic E-state index is 12.6. The van der Waals surface area contributed by atoms with Crippen LogP contribution in [0.4, 0.5) is 0 Å². The summed E-state index contributed by atoms with van der Waals surface area (Å²) in [6, 6.07) is 9.67. The van der Waals surface area contributed by atoms with E-state index in [4.69, 9.17) is 14.0 Å². The fraction of sp³-hybridized carbons (Fsp3) is 0.444. The SMILES string of the molecule is CCOc1cc(C(=O)N2CC[C@@]3(CCc4ccccc4O3)C2)on1. The molecular formula is C18H20N2O4. The predicted octanol–water partition coefficient (Wildman–Crippen LogP) is 2.68. The molecule has 1 saturated heterocycles. The van der Waals surface area contributed by atoms with Crippen LogP contribution in [0.15, 0.2) is 34.9 Å². The largest absolute Gasteiger partial charge is 0.485 e. The zero-order valence-corrected chi connectivity index (χ0v) is 13.7. The van der Waals surface area contributed by atoms with E-state index in [1.54, 1.807) is 11.0 Å². The topological polar surface area (TPSA) is 64.8 Å². The molecule has 6 heteroatoms. The molecule has 3 heterocycles. The third-order valence-electron chi connectivity index (χ3n) is 4.74. The quantitative estimate of drug-likeness (QED) is 0.867. The molecule has 2 aliphatic rings. The zero-order chi connectivity index (χ0) is 16.6. The van der Waals surface area contributed by atoms with Crippen LogP contribution in [-0.2, 0) is 6.42 Å². The molecule has 126 valence electrons. The molecule has 1 aromatic carbocycles. The number of nitrogens with zero attached hydrogens (tertiary/aromatic N) is 2. The summed E-state index contributed by atoms with van der Waals surface area (Å²) in [7, 11) is 0. The minimum Gasteiger partial charge on any atom is -0.485 e. The molecule has 6 nitrogen and oxygen atoms in total. The monoisotopic (exact) mass is 328 g/mol. The lowest BCUT2D eigenvalue weighted by molar-refractivity contribution is 0.0469. The number of para-hydroxylation sites is 1. The van der Waals surface area contributed by atoms with Crippen molar-refractivity contribution < 1.29 is 18.8 Å². The normalized spacial score (nSPS) is 22.3. The van der Waals surface area contributed by atoms with Gasteiger partial charge in [-0.15, -0.1) is 0 Å².